The van der Waals surface area contributed by atoms with E-state index in [0.29, 0.717) is 33.7 Å². The topological polar surface area (TPSA) is 80.1 Å². The molecule has 1 atom stereocenters. The Balaban J connectivity index is 0.00000196. The molecule has 1 aliphatic heterocycles. The van der Waals surface area contributed by atoms with Crippen LogP contribution in [0.1, 0.15) is 39.5 Å². The lowest BCUT2D eigenvalue weighted by Gasteiger charge is -2.32. The maximum atomic E-state index is 13.0. The van der Waals surface area contributed by atoms with Gasteiger partial charge < -0.3 is 10.2 Å². The van der Waals surface area contributed by atoms with Crippen LogP contribution in [0.4, 0.5) is 0 Å². The normalized spacial score (nSPS) is 16.3. The number of aryl methyl sites for hydroxylation is 3. The summed E-state index contributed by atoms with van der Waals surface area (Å²) in [4.78, 5) is 32.6. The highest BCUT2D eigenvalue weighted by molar-refractivity contribution is 7.17. The molecule has 0 radical (unpaired) electrons. The van der Waals surface area contributed by atoms with Crippen molar-refractivity contribution in [1.82, 2.24) is 25.0 Å². The number of aromatic nitrogens is 3. The third-order valence-electron chi connectivity index (χ3n) is 5.05. The van der Waals surface area contributed by atoms with Gasteiger partial charge in [0.15, 0.2) is 0 Å². The van der Waals surface area contributed by atoms with Crippen LogP contribution in [0.15, 0.2) is 4.79 Å². The molecule has 2 aromatic heterocycles. The number of carbonyl (C=O) groups excluding carboxylic acids is 1. The number of nitrogens with one attached hydrogen (secondary N) is 1. The Morgan fingerprint density at radius 1 is 1.21 bits per heavy atom. The Kier molecular flexibility index (Phi) is 8.62. The number of thiazole rings is 1. The largest absolute Gasteiger partial charge is 0.336 e. The highest BCUT2D eigenvalue weighted by Gasteiger charge is 2.27. The van der Waals surface area contributed by atoms with Gasteiger partial charge >= 0.3 is 0 Å². The SMILES string of the molecule is CNC1CCCN(C(=O)c2sc(-c3c(C)c(C)nn(C)c3=O)nc2C)C1.Cl.Cl. The predicted octanol–water partition coefficient (Wildman–Crippen LogP) is 2.50. The van der Waals surface area contributed by atoms with Gasteiger partial charge in [0.05, 0.1) is 17.0 Å². The van der Waals surface area contributed by atoms with Crippen molar-refractivity contribution in [2.45, 2.75) is 39.7 Å². The van der Waals surface area contributed by atoms with Gasteiger partial charge in [0, 0.05) is 26.2 Å². The van der Waals surface area contributed by atoms with E-state index in [1.807, 2.05) is 32.7 Å². The number of amides is 1. The van der Waals surface area contributed by atoms with E-state index in [1.54, 1.807) is 7.05 Å². The van der Waals surface area contributed by atoms with Crippen LogP contribution in [0.5, 0.6) is 0 Å². The first-order valence-corrected chi connectivity index (χ1v) is 9.64. The quantitative estimate of drug-likeness (QED) is 0.781. The van der Waals surface area contributed by atoms with Crippen molar-refractivity contribution in [1.29, 1.82) is 0 Å². The number of rotatable bonds is 3. The maximum absolute atomic E-state index is 13.0. The molecule has 7 nitrogen and oxygen atoms in total. The first-order valence-electron chi connectivity index (χ1n) is 8.82. The zero-order valence-corrected chi connectivity index (χ0v) is 19.2. The van der Waals surface area contributed by atoms with Gasteiger partial charge in [-0.05, 0) is 46.2 Å². The molecule has 0 bridgehead atoms. The molecule has 1 amide bonds. The number of likely N-dealkylation sites (N-methyl/N-ethyl adjacent to an activating group) is 1. The van der Waals surface area contributed by atoms with Crippen molar-refractivity contribution in [3.8, 4) is 10.6 Å². The molecule has 3 heterocycles. The van der Waals surface area contributed by atoms with Crippen LogP contribution in [-0.2, 0) is 7.05 Å². The molecule has 0 spiro atoms. The fourth-order valence-corrected chi connectivity index (χ4v) is 4.47. The smallest absolute Gasteiger partial charge is 0.277 e. The van der Waals surface area contributed by atoms with Gasteiger partial charge in [0.25, 0.3) is 11.5 Å². The molecule has 1 saturated heterocycles. The van der Waals surface area contributed by atoms with Crippen LogP contribution in [-0.4, -0.2) is 51.8 Å². The minimum atomic E-state index is -0.186. The highest BCUT2D eigenvalue weighted by atomic mass is 35.5. The Morgan fingerprint density at radius 2 is 1.89 bits per heavy atom. The van der Waals surface area contributed by atoms with E-state index in [1.165, 1.54) is 16.0 Å². The summed E-state index contributed by atoms with van der Waals surface area (Å²) in [6.07, 6.45) is 2.07. The van der Waals surface area contributed by atoms with E-state index in [9.17, 15) is 9.59 Å². The monoisotopic (exact) mass is 447 g/mol. The zero-order chi connectivity index (χ0) is 19.0. The van der Waals surface area contributed by atoms with Crippen LogP contribution >= 0.6 is 36.2 Å². The van der Waals surface area contributed by atoms with Crippen molar-refractivity contribution >= 4 is 42.1 Å². The number of halogens is 2. The lowest BCUT2D eigenvalue weighted by atomic mass is 10.1. The second kappa shape index (κ2) is 9.82. The first kappa shape index (κ1) is 24.6. The molecule has 0 aromatic carbocycles. The zero-order valence-electron chi connectivity index (χ0n) is 16.7. The summed E-state index contributed by atoms with van der Waals surface area (Å²) in [5.41, 5.74) is 2.63. The van der Waals surface area contributed by atoms with Crippen molar-refractivity contribution in [3.05, 3.63) is 32.2 Å². The van der Waals surface area contributed by atoms with E-state index >= 15 is 0 Å². The molecule has 2 aromatic rings. The summed E-state index contributed by atoms with van der Waals surface area (Å²) in [6, 6.07) is 0.331. The summed E-state index contributed by atoms with van der Waals surface area (Å²) in [6.45, 7) is 7.05. The molecule has 0 saturated carbocycles. The highest BCUT2D eigenvalue weighted by Crippen LogP contribution is 2.30. The van der Waals surface area contributed by atoms with E-state index in [4.69, 9.17) is 0 Å². The summed E-state index contributed by atoms with van der Waals surface area (Å²) in [5.74, 6) is 0.00598. The summed E-state index contributed by atoms with van der Waals surface area (Å²) >= 11 is 1.31. The van der Waals surface area contributed by atoms with Gasteiger partial charge in [0.2, 0.25) is 0 Å². The second-order valence-electron chi connectivity index (χ2n) is 6.83. The number of piperidine rings is 1. The molecule has 1 fully saturated rings. The number of hydrogen-bond donors (Lipinski definition) is 1. The van der Waals surface area contributed by atoms with E-state index < -0.39 is 0 Å². The van der Waals surface area contributed by atoms with Gasteiger partial charge in [-0.15, -0.1) is 36.2 Å². The van der Waals surface area contributed by atoms with Crippen molar-refractivity contribution < 1.29 is 4.79 Å². The van der Waals surface area contributed by atoms with E-state index in [0.717, 1.165) is 30.6 Å². The minimum Gasteiger partial charge on any atom is -0.336 e. The number of nitrogens with zero attached hydrogens (tertiary/aromatic N) is 4. The Bertz CT molecular complexity index is 912. The number of likely N-dealkylation sites (tertiary alicyclic amines) is 1. The molecule has 3 rings (SSSR count). The van der Waals surface area contributed by atoms with Gasteiger partial charge in [0.1, 0.15) is 9.88 Å². The van der Waals surface area contributed by atoms with E-state index in [-0.39, 0.29) is 36.3 Å². The molecular weight excluding hydrogens is 421 g/mol. The van der Waals surface area contributed by atoms with Crippen molar-refractivity contribution in [2.24, 2.45) is 7.05 Å². The molecule has 10 heteroatoms. The summed E-state index contributed by atoms with van der Waals surface area (Å²) in [7, 11) is 3.56. The minimum absolute atomic E-state index is 0. The predicted molar refractivity (Wildman–Crippen MR) is 117 cm³/mol. The number of carbonyl (C=O) groups is 1. The van der Waals surface area contributed by atoms with Gasteiger partial charge in [-0.1, -0.05) is 0 Å². The average molecular weight is 448 g/mol. The maximum Gasteiger partial charge on any atom is 0.277 e. The standard InChI is InChI=1S/C18H25N5O2S.2ClH/c1-10-11(2)21-22(5)17(24)14(10)16-20-12(3)15(26-16)18(25)23-8-6-7-13(9-23)19-4;;/h13,19H,6-9H2,1-5H3;2*1H. The Labute approximate surface area is 181 Å². The van der Waals surface area contributed by atoms with Gasteiger partial charge in [-0.25, -0.2) is 9.67 Å². The molecular formula is C18H27Cl2N5O2S. The van der Waals surface area contributed by atoms with Crippen molar-refractivity contribution in [3.63, 3.8) is 0 Å². The third kappa shape index (κ3) is 4.56. The lowest BCUT2D eigenvalue weighted by Crippen LogP contribution is -2.46. The molecule has 1 unspecified atom stereocenters. The van der Waals surface area contributed by atoms with Crippen LogP contribution < -0.4 is 10.9 Å². The van der Waals surface area contributed by atoms with Crippen LogP contribution in [0.2, 0.25) is 0 Å². The Hall–Kier alpha value is -1.48. The van der Waals surface area contributed by atoms with Crippen LogP contribution in [0.3, 0.4) is 0 Å². The van der Waals surface area contributed by atoms with Gasteiger partial charge in [-0.2, -0.15) is 5.10 Å². The number of hydrogen-bond acceptors (Lipinski definition) is 6. The molecule has 28 heavy (non-hydrogen) atoms. The molecule has 1 N–H and O–H groups in total. The van der Waals surface area contributed by atoms with Gasteiger partial charge in [-0.3, -0.25) is 9.59 Å². The molecule has 156 valence electrons. The third-order valence-corrected chi connectivity index (χ3v) is 6.21. The lowest BCUT2D eigenvalue weighted by molar-refractivity contribution is 0.0702. The Morgan fingerprint density at radius 3 is 2.54 bits per heavy atom. The van der Waals surface area contributed by atoms with Crippen LogP contribution in [0, 0.1) is 20.8 Å². The molecule has 0 aliphatic carbocycles. The average Bonchev–Trinajstić information content (AvgIpc) is 3.01. The fraction of sp³-hybridized carbons (Fsp3) is 0.556. The van der Waals surface area contributed by atoms with Crippen LogP contribution in [0.25, 0.3) is 10.6 Å². The van der Waals surface area contributed by atoms with E-state index in [2.05, 4.69) is 15.4 Å². The summed E-state index contributed by atoms with van der Waals surface area (Å²) < 4.78 is 1.33. The molecule has 1 aliphatic rings. The summed E-state index contributed by atoms with van der Waals surface area (Å²) in [5, 5.41) is 8.06. The van der Waals surface area contributed by atoms with Crippen molar-refractivity contribution in [2.75, 3.05) is 20.1 Å². The first-order chi connectivity index (χ1) is 12.3. The second-order valence-corrected chi connectivity index (χ2v) is 7.83. The fourth-order valence-electron chi connectivity index (χ4n) is 3.34.